The van der Waals surface area contributed by atoms with Gasteiger partial charge in [-0.25, -0.2) is 0 Å². The van der Waals surface area contributed by atoms with Crippen molar-refractivity contribution in [2.75, 3.05) is 0 Å². The van der Waals surface area contributed by atoms with Crippen molar-refractivity contribution in [1.82, 2.24) is 0 Å². The van der Waals surface area contributed by atoms with Crippen LogP contribution in [0.3, 0.4) is 0 Å². The van der Waals surface area contributed by atoms with E-state index in [1.54, 1.807) is 0 Å². The minimum atomic E-state index is 0.320. The number of benzene rings is 2. The van der Waals surface area contributed by atoms with Gasteiger partial charge in [0.1, 0.15) is 0 Å². The molecule has 1 saturated carbocycles. The predicted octanol–water partition coefficient (Wildman–Crippen LogP) is 6.01. The highest BCUT2D eigenvalue weighted by Gasteiger charge is 2.54. The molecule has 3 aliphatic carbocycles. The lowest BCUT2D eigenvalue weighted by Crippen LogP contribution is -2.52. The molecular weight excluding hydrogens is 304 g/mol. The maximum absolute atomic E-state index is 4.71. The normalized spacial score (nSPS) is 27.3. The second-order valence-electron chi connectivity index (χ2n) is 7.67. The van der Waals surface area contributed by atoms with Crippen LogP contribution in [0.2, 0.25) is 0 Å². The van der Waals surface area contributed by atoms with Crippen molar-refractivity contribution in [2.24, 2.45) is 33.2 Å². The molecule has 2 aromatic carbocycles. The summed E-state index contributed by atoms with van der Waals surface area (Å²) in [5.41, 5.74) is 3.72. The Hall–Kier alpha value is -2.48. The van der Waals surface area contributed by atoms with Crippen molar-refractivity contribution in [3.63, 3.8) is 0 Å². The number of aliphatic imine (C=N–C) groups is 2. The van der Waals surface area contributed by atoms with Gasteiger partial charge < -0.3 is 0 Å². The van der Waals surface area contributed by atoms with Crippen molar-refractivity contribution in [2.45, 2.75) is 20.3 Å². The Bertz CT molecular complexity index is 816. The van der Waals surface area contributed by atoms with Crippen LogP contribution in [0, 0.1) is 23.2 Å². The number of nitrogens with zero attached hydrogens (tertiary/aromatic N) is 2. The zero-order valence-electron chi connectivity index (χ0n) is 14.8. The lowest BCUT2D eigenvalue weighted by Gasteiger charge is -2.58. The first-order valence-corrected chi connectivity index (χ1v) is 9.04. The molecule has 126 valence electrons. The van der Waals surface area contributed by atoms with Gasteiger partial charge in [0, 0.05) is 18.3 Å². The zero-order chi connectivity index (χ0) is 17.3. The molecule has 0 aromatic heterocycles. The van der Waals surface area contributed by atoms with E-state index < -0.39 is 0 Å². The summed E-state index contributed by atoms with van der Waals surface area (Å²) in [5, 5.41) is 0. The van der Waals surface area contributed by atoms with E-state index in [4.69, 9.17) is 4.99 Å². The van der Waals surface area contributed by atoms with Gasteiger partial charge in [0.25, 0.3) is 0 Å². The molecular formula is C23H24N2. The largest absolute Gasteiger partial charge is 0.261 e. The van der Waals surface area contributed by atoms with Crippen LogP contribution in [0.5, 0.6) is 0 Å². The molecule has 3 aliphatic rings. The Morgan fingerprint density at radius 1 is 0.880 bits per heavy atom. The second-order valence-corrected chi connectivity index (χ2v) is 7.67. The number of rotatable bonds is 4. The number of hydrogen-bond donors (Lipinski definition) is 0. The van der Waals surface area contributed by atoms with E-state index >= 15 is 0 Å². The molecule has 3 unspecified atom stereocenters. The molecule has 2 bridgehead atoms. The standard InChI is InChI=1S/C23H24N2/c1-23(2)21-14-22(23)18(16-25-20-11-7-4-8-12-20)13-17(21)15-24-19-9-5-3-6-10-19/h3-13,15-17,21-22H,14H2,1-2H3. The van der Waals surface area contributed by atoms with Crippen molar-refractivity contribution in [3.8, 4) is 0 Å². The SMILES string of the molecule is CC1(C)C2CC1C(C=Nc1ccccc1)C=C2C=Nc1ccccc1. The summed E-state index contributed by atoms with van der Waals surface area (Å²) in [4.78, 5) is 9.39. The molecule has 5 rings (SSSR count). The molecule has 0 N–H and O–H groups in total. The van der Waals surface area contributed by atoms with Gasteiger partial charge in [-0.1, -0.05) is 56.3 Å². The number of hydrogen-bond acceptors (Lipinski definition) is 2. The van der Waals surface area contributed by atoms with Crippen LogP contribution in [0.4, 0.5) is 11.4 Å². The number of para-hydroxylation sites is 2. The van der Waals surface area contributed by atoms with Gasteiger partial charge in [0.05, 0.1) is 11.4 Å². The third-order valence-electron chi connectivity index (χ3n) is 5.87. The van der Waals surface area contributed by atoms with Crippen LogP contribution in [-0.4, -0.2) is 12.4 Å². The van der Waals surface area contributed by atoms with Gasteiger partial charge in [0.15, 0.2) is 0 Å². The molecule has 0 aliphatic heterocycles. The summed E-state index contributed by atoms with van der Waals surface area (Å²) in [7, 11) is 0. The van der Waals surface area contributed by atoms with Gasteiger partial charge in [-0.05, 0) is 53.5 Å². The third-order valence-corrected chi connectivity index (χ3v) is 5.87. The molecule has 0 heterocycles. The second kappa shape index (κ2) is 6.44. The third kappa shape index (κ3) is 3.09. The fourth-order valence-corrected chi connectivity index (χ4v) is 4.26. The Morgan fingerprint density at radius 3 is 2.08 bits per heavy atom. The number of fused-ring (bicyclic) bond motifs is 1. The molecule has 1 fully saturated rings. The van der Waals surface area contributed by atoms with E-state index in [0.29, 0.717) is 23.2 Å². The van der Waals surface area contributed by atoms with Crippen LogP contribution in [0.25, 0.3) is 0 Å². The average Bonchev–Trinajstić information content (AvgIpc) is 2.66. The Labute approximate surface area is 150 Å². The van der Waals surface area contributed by atoms with E-state index in [2.05, 4.69) is 49.5 Å². The summed E-state index contributed by atoms with van der Waals surface area (Å²) in [5.74, 6) is 1.68. The van der Waals surface area contributed by atoms with Crippen molar-refractivity contribution < 1.29 is 0 Å². The summed E-state index contributed by atoms with van der Waals surface area (Å²) in [6.45, 7) is 4.77. The van der Waals surface area contributed by atoms with Crippen LogP contribution in [0.15, 0.2) is 82.3 Å². The first kappa shape index (κ1) is 16.0. The molecule has 0 amide bonds. The van der Waals surface area contributed by atoms with Gasteiger partial charge in [-0.2, -0.15) is 0 Å². The zero-order valence-corrected chi connectivity index (χ0v) is 14.8. The topological polar surface area (TPSA) is 24.7 Å². The van der Waals surface area contributed by atoms with Crippen LogP contribution in [0.1, 0.15) is 20.3 Å². The fourth-order valence-electron chi connectivity index (χ4n) is 4.26. The van der Waals surface area contributed by atoms with Crippen molar-refractivity contribution in [3.05, 3.63) is 72.3 Å². The predicted molar refractivity (Wildman–Crippen MR) is 106 cm³/mol. The van der Waals surface area contributed by atoms with E-state index in [1.807, 2.05) is 48.5 Å². The highest BCUT2D eigenvalue weighted by molar-refractivity contribution is 5.85. The highest BCUT2D eigenvalue weighted by atomic mass is 14.7. The molecule has 3 atom stereocenters. The van der Waals surface area contributed by atoms with Gasteiger partial charge in [-0.15, -0.1) is 0 Å². The maximum Gasteiger partial charge on any atom is 0.0629 e. The van der Waals surface area contributed by atoms with Crippen LogP contribution in [-0.2, 0) is 0 Å². The Morgan fingerprint density at radius 2 is 1.48 bits per heavy atom. The molecule has 0 spiro atoms. The maximum atomic E-state index is 4.71. The molecule has 2 nitrogen and oxygen atoms in total. The Balaban J connectivity index is 1.59. The molecule has 2 heteroatoms. The summed E-state index contributed by atoms with van der Waals surface area (Å²) in [6, 6.07) is 20.4. The lowest BCUT2D eigenvalue weighted by atomic mass is 9.46. The van der Waals surface area contributed by atoms with E-state index in [1.165, 1.54) is 12.0 Å². The highest BCUT2D eigenvalue weighted by Crippen LogP contribution is 2.60. The van der Waals surface area contributed by atoms with Gasteiger partial charge in [0.2, 0.25) is 0 Å². The van der Waals surface area contributed by atoms with Crippen LogP contribution >= 0.6 is 0 Å². The monoisotopic (exact) mass is 328 g/mol. The lowest BCUT2D eigenvalue weighted by molar-refractivity contribution is -0.0168. The molecule has 0 saturated heterocycles. The summed E-state index contributed by atoms with van der Waals surface area (Å²) in [6.07, 6.45) is 7.82. The average molecular weight is 328 g/mol. The van der Waals surface area contributed by atoms with E-state index in [9.17, 15) is 0 Å². The van der Waals surface area contributed by atoms with Crippen molar-refractivity contribution >= 4 is 23.8 Å². The Kier molecular flexibility index (Phi) is 4.12. The molecule has 0 radical (unpaired) electrons. The minimum absolute atomic E-state index is 0.320. The first-order valence-electron chi connectivity index (χ1n) is 9.04. The molecule has 2 aromatic rings. The smallest absolute Gasteiger partial charge is 0.0629 e. The van der Waals surface area contributed by atoms with Crippen LogP contribution < -0.4 is 0 Å². The fraction of sp³-hybridized carbons (Fsp3) is 0.304. The number of allylic oxidation sites excluding steroid dienone is 2. The summed E-state index contributed by atoms with van der Waals surface area (Å²) >= 11 is 0. The van der Waals surface area contributed by atoms with Crippen molar-refractivity contribution in [1.29, 1.82) is 0 Å². The summed E-state index contributed by atoms with van der Waals surface area (Å²) < 4.78 is 0. The minimum Gasteiger partial charge on any atom is -0.261 e. The van der Waals surface area contributed by atoms with E-state index in [-0.39, 0.29) is 0 Å². The van der Waals surface area contributed by atoms with Gasteiger partial charge >= 0.3 is 0 Å². The van der Waals surface area contributed by atoms with E-state index in [0.717, 1.165) is 11.4 Å². The molecule has 25 heavy (non-hydrogen) atoms. The van der Waals surface area contributed by atoms with Gasteiger partial charge in [-0.3, -0.25) is 9.98 Å². The first-order chi connectivity index (χ1) is 12.1. The quantitative estimate of drug-likeness (QED) is 0.614.